The molecule has 0 spiro atoms. The number of carbonyl (C=O) groups is 1. The molecule has 1 amide bonds. The molecule has 0 radical (unpaired) electrons. The SMILES string of the molecule is CC(C)n1c(=O)sc2cc(NC(=O)CSCc3c(Cl)cccc3Cl)ccc21. The summed E-state index contributed by atoms with van der Waals surface area (Å²) in [6.07, 6.45) is 0. The average molecular weight is 441 g/mol. The Balaban J connectivity index is 1.63. The van der Waals surface area contributed by atoms with Crippen LogP contribution in [-0.2, 0) is 10.5 Å². The van der Waals surface area contributed by atoms with E-state index in [0.717, 1.165) is 15.8 Å². The van der Waals surface area contributed by atoms with Crippen molar-refractivity contribution in [1.82, 2.24) is 4.57 Å². The molecule has 0 atom stereocenters. The van der Waals surface area contributed by atoms with E-state index in [2.05, 4.69) is 5.32 Å². The number of aromatic nitrogens is 1. The minimum absolute atomic E-state index is 0.00986. The molecule has 3 rings (SSSR count). The van der Waals surface area contributed by atoms with Gasteiger partial charge in [-0.3, -0.25) is 14.2 Å². The van der Waals surface area contributed by atoms with E-state index in [-0.39, 0.29) is 22.6 Å². The Morgan fingerprint density at radius 3 is 2.59 bits per heavy atom. The highest BCUT2D eigenvalue weighted by Gasteiger charge is 2.12. The summed E-state index contributed by atoms with van der Waals surface area (Å²) >= 11 is 14.9. The summed E-state index contributed by atoms with van der Waals surface area (Å²) < 4.78 is 2.62. The van der Waals surface area contributed by atoms with Crippen LogP contribution in [0.3, 0.4) is 0 Å². The maximum Gasteiger partial charge on any atom is 0.308 e. The van der Waals surface area contributed by atoms with Crippen LogP contribution in [0.4, 0.5) is 5.69 Å². The fourth-order valence-corrected chi connectivity index (χ4v) is 5.33. The van der Waals surface area contributed by atoms with Gasteiger partial charge in [-0.2, -0.15) is 0 Å². The fraction of sp³-hybridized carbons (Fsp3) is 0.263. The van der Waals surface area contributed by atoms with Gasteiger partial charge in [0.05, 0.1) is 16.0 Å². The first-order valence-corrected chi connectivity index (χ1v) is 11.0. The Labute approximate surface area is 175 Å². The number of carbonyl (C=O) groups excluding carboxylic acids is 1. The minimum atomic E-state index is -0.113. The number of thioether (sulfide) groups is 1. The molecule has 2 aromatic carbocycles. The minimum Gasteiger partial charge on any atom is -0.325 e. The van der Waals surface area contributed by atoms with E-state index in [0.29, 0.717) is 21.5 Å². The fourth-order valence-electron chi connectivity index (χ4n) is 2.72. The van der Waals surface area contributed by atoms with Crippen LogP contribution in [0.25, 0.3) is 10.2 Å². The quantitative estimate of drug-likeness (QED) is 0.524. The van der Waals surface area contributed by atoms with Crippen molar-refractivity contribution in [2.24, 2.45) is 0 Å². The third-order valence-electron chi connectivity index (χ3n) is 3.95. The summed E-state index contributed by atoms with van der Waals surface area (Å²) in [5, 5.41) is 4.08. The van der Waals surface area contributed by atoms with E-state index >= 15 is 0 Å². The standard InChI is InChI=1S/C19H18Cl2N2O2S2/c1-11(2)23-16-7-6-12(8-17(16)27-19(23)25)22-18(24)10-26-9-13-14(20)4-3-5-15(13)21/h3-8,11H,9-10H2,1-2H3,(H,22,24). The molecular formula is C19H18Cl2N2O2S2. The summed E-state index contributed by atoms with van der Waals surface area (Å²) in [6, 6.07) is 11.0. The molecule has 0 bridgehead atoms. The Bertz CT molecular complexity index is 1020. The number of rotatable bonds is 6. The largest absolute Gasteiger partial charge is 0.325 e. The second-order valence-corrected chi connectivity index (χ2v) is 9.05. The van der Waals surface area contributed by atoms with Crippen molar-refractivity contribution >= 4 is 68.1 Å². The highest BCUT2D eigenvalue weighted by atomic mass is 35.5. The summed E-state index contributed by atoms with van der Waals surface area (Å²) in [7, 11) is 0. The lowest BCUT2D eigenvalue weighted by atomic mass is 10.2. The van der Waals surface area contributed by atoms with Crippen LogP contribution in [0.5, 0.6) is 0 Å². The van der Waals surface area contributed by atoms with Crippen molar-refractivity contribution in [2.75, 3.05) is 11.1 Å². The zero-order chi connectivity index (χ0) is 19.6. The van der Waals surface area contributed by atoms with Crippen molar-refractivity contribution in [3.8, 4) is 0 Å². The molecule has 1 heterocycles. The molecule has 0 aliphatic carbocycles. The van der Waals surface area contributed by atoms with Gasteiger partial charge in [0, 0.05) is 27.5 Å². The molecule has 0 aliphatic heterocycles. The van der Waals surface area contributed by atoms with Crippen LogP contribution in [0.2, 0.25) is 10.0 Å². The summed E-state index contributed by atoms with van der Waals surface area (Å²) in [4.78, 5) is 24.4. The van der Waals surface area contributed by atoms with Crippen LogP contribution in [0.1, 0.15) is 25.5 Å². The molecule has 0 unspecified atom stereocenters. The first-order valence-electron chi connectivity index (χ1n) is 8.32. The van der Waals surface area contributed by atoms with Gasteiger partial charge in [0.25, 0.3) is 0 Å². The number of thiazole rings is 1. The van der Waals surface area contributed by atoms with Gasteiger partial charge < -0.3 is 5.32 Å². The second kappa shape index (κ2) is 8.69. The average Bonchev–Trinajstić information content (AvgIpc) is 2.92. The number of anilines is 1. The van der Waals surface area contributed by atoms with Crippen molar-refractivity contribution in [3.63, 3.8) is 0 Å². The van der Waals surface area contributed by atoms with Crippen LogP contribution < -0.4 is 10.2 Å². The molecule has 1 N–H and O–H groups in total. The topological polar surface area (TPSA) is 51.1 Å². The first kappa shape index (κ1) is 20.3. The Kier molecular flexibility index (Phi) is 6.52. The van der Waals surface area contributed by atoms with Gasteiger partial charge in [0.2, 0.25) is 5.91 Å². The molecule has 0 saturated carbocycles. The Hall–Kier alpha value is -1.47. The normalized spacial score (nSPS) is 11.3. The Morgan fingerprint density at radius 2 is 1.93 bits per heavy atom. The number of halogens is 2. The molecule has 8 heteroatoms. The molecule has 4 nitrogen and oxygen atoms in total. The first-order chi connectivity index (χ1) is 12.9. The van der Waals surface area contributed by atoms with Crippen molar-refractivity contribution in [2.45, 2.75) is 25.6 Å². The number of hydrogen-bond donors (Lipinski definition) is 1. The zero-order valence-electron chi connectivity index (χ0n) is 14.8. The van der Waals surface area contributed by atoms with Gasteiger partial charge in [-0.1, -0.05) is 40.6 Å². The van der Waals surface area contributed by atoms with Crippen molar-refractivity contribution in [1.29, 1.82) is 0 Å². The van der Waals surface area contributed by atoms with E-state index in [9.17, 15) is 9.59 Å². The van der Waals surface area contributed by atoms with E-state index < -0.39 is 0 Å². The lowest BCUT2D eigenvalue weighted by molar-refractivity contribution is -0.113. The van der Waals surface area contributed by atoms with Gasteiger partial charge in [0.15, 0.2) is 0 Å². The maximum absolute atomic E-state index is 12.2. The van der Waals surface area contributed by atoms with Gasteiger partial charge in [0.1, 0.15) is 0 Å². The molecule has 0 fully saturated rings. The lowest BCUT2D eigenvalue weighted by Crippen LogP contribution is -2.15. The number of nitrogens with one attached hydrogen (secondary N) is 1. The van der Waals surface area contributed by atoms with Gasteiger partial charge in [-0.25, -0.2) is 0 Å². The van der Waals surface area contributed by atoms with E-state index in [1.54, 1.807) is 22.8 Å². The molecule has 0 aliphatic rings. The van der Waals surface area contributed by atoms with Crippen LogP contribution in [0.15, 0.2) is 41.2 Å². The third kappa shape index (κ3) is 4.69. The predicted octanol–water partition coefficient (Wildman–Crippen LogP) is 5.82. The summed E-state index contributed by atoms with van der Waals surface area (Å²) in [5.41, 5.74) is 2.40. The highest BCUT2D eigenvalue weighted by Crippen LogP contribution is 2.28. The maximum atomic E-state index is 12.2. The smallest absolute Gasteiger partial charge is 0.308 e. The van der Waals surface area contributed by atoms with Gasteiger partial charge in [-0.15, -0.1) is 11.8 Å². The second-order valence-electron chi connectivity index (χ2n) is 6.26. The molecule has 142 valence electrons. The molecule has 1 aromatic heterocycles. The van der Waals surface area contributed by atoms with Crippen LogP contribution >= 0.6 is 46.3 Å². The van der Waals surface area contributed by atoms with Crippen molar-refractivity contribution in [3.05, 3.63) is 61.7 Å². The van der Waals surface area contributed by atoms with E-state index in [4.69, 9.17) is 23.2 Å². The number of amides is 1. The monoisotopic (exact) mass is 440 g/mol. The summed E-state index contributed by atoms with van der Waals surface area (Å²) in [6.45, 7) is 3.96. The molecule has 3 aromatic rings. The molecule has 0 saturated heterocycles. The van der Waals surface area contributed by atoms with Crippen LogP contribution in [0, 0.1) is 0 Å². The van der Waals surface area contributed by atoms with E-state index in [1.807, 2.05) is 32.0 Å². The number of hydrogen-bond acceptors (Lipinski definition) is 4. The Morgan fingerprint density at radius 1 is 1.22 bits per heavy atom. The van der Waals surface area contributed by atoms with Crippen LogP contribution in [-0.4, -0.2) is 16.2 Å². The molecular weight excluding hydrogens is 423 g/mol. The number of fused-ring (bicyclic) bond motifs is 1. The molecule has 27 heavy (non-hydrogen) atoms. The van der Waals surface area contributed by atoms with E-state index in [1.165, 1.54) is 23.1 Å². The van der Waals surface area contributed by atoms with Gasteiger partial charge >= 0.3 is 4.87 Å². The number of nitrogens with zero attached hydrogens (tertiary/aromatic N) is 1. The van der Waals surface area contributed by atoms with Gasteiger partial charge in [-0.05, 0) is 49.7 Å². The highest BCUT2D eigenvalue weighted by molar-refractivity contribution is 7.99. The number of benzene rings is 2. The predicted molar refractivity (Wildman–Crippen MR) is 118 cm³/mol. The third-order valence-corrected chi connectivity index (χ3v) is 6.54. The zero-order valence-corrected chi connectivity index (χ0v) is 17.9. The van der Waals surface area contributed by atoms with Crippen molar-refractivity contribution < 1.29 is 4.79 Å². The summed E-state index contributed by atoms with van der Waals surface area (Å²) in [5.74, 6) is 0.727. The lowest BCUT2D eigenvalue weighted by Gasteiger charge is -2.09.